The van der Waals surface area contributed by atoms with Gasteiger partial charge in [0.15, 0.2) is 0 Å². The van der Waals surface area contributed by atoms with Crippen molar-refractivity contribution >= 4 is 23.1 Å². The summed E-state index contributed by atoms with van der Waals surface area (Å²) in [7, 11) is 0. The van der Waals surface area contributed by atoms with Crippen LogP contribution in [-0.2, 0) is 0 Å². The molecule has 1 heterocycles. The van der Waals surface area contributed by atoms with Crippen LogP contribution in [-0.4, -0.2) is 15.9 Å². The Kier molecular flexibility index (Phi) is 4.90. The molecule has 0 spiro atoms. The molecule has 1 aromatic heterocycles. The van der Waals surface area contributed by atoms with Gasteiger partial charge in [-0.1, -0.05) is 30.3 Å². The van der Waals surface area contributed by atoms with Crippen LogP contribution in [0.15, 0.2) is 54.9 Å². The van der Waals surface area contributed by atoms with E-state index in [1.54, 1.807) is 24.3 Å². The Morgan fingerprint density at radius 2 is 1.73 bits per heavy atom. The average Bonchev–Trinajstić information content (AvgIpc) is 2.66. The van der Waals surface area contributed by atoms with Gasteiger partial charge in [0, 0.05) is 5.69 Å². The summed E-state index contributed by atoms with van der Waals surface area (Å²) in [4.78, 5) is 20.7. The number of aromatic nitrogens is 2. The summed E-state index contributed by atoms with van der Waals surface area (Å²) in [6.07, 6.45) is 2.91. The van der Waals surface area contributed by atoms with E-state index in [9.17, 15) is 4.79 Å². The van der Waals surface area contributed by atoms with Gasteiger partial charge in [0.25, 0.3) is 5.91 Å². The third-order valence-corrected chi connectivity index (χ3v) is 3.91. The van der Waals surface area contributed by atoms with Gasteiger partial charge in [-0.3, -0.25) is 4.79 Å². The van der Waals surface area contributed by atoms with E-state index in [1.165, 1.54) is 12.4 Å². The molecule has 6 heteroatoms. The molecule has 0 aliphatic carbocycles. The lowest BCUT2D eigenvalue weighted by Gasteiger charge is -2.12. The number of benzene rings is 2. The molecule has 0 aliphatic heterocycles. The number of rotatable bonds is 4. The Morgan fingerprint density at radius 3 is 2.38 bits per heavy atom. The fourth-order valence-electron chi connectivity index (χ4n) is 2.53. The zero-order chi connectivity index (χ0) is 18.5. The molecule has 0 saturated heterocycles. The number of carbonyl (C=O) groups is 1. The summed E-state index contributed by atoms with van der Waals surface area (Å²) in [5, 5.41) is 15.0. The molecular weight excluding hydrogens is 326 g/mol. The normalized spacial score (nSPS) is 10.0. The molecule has 2 N–H and O–H groups in total. The van der Waals surface area contributed by atoms with Gasteiger partial charge in [0.2, 0.25) is 0 Å². The number of nitriles is 1. The molecule has 0 saturated carbocycles. The second kappa shape index (κ2) is 7.45. The Labute approximate surface area is 151 Å². The Balaban J connectivity index is 1.75. The second-order valence-corrected chi connectivity index (χ2v) is 5.79. The zero-order valence-corrected chi connectivity index (χ0v) is 14.4. The molecule has 26 heavy (non-hydrogen) atoms. The molecule has 128 valence electrons. The molecule has 3 aromatic rings. The summed E-state index contributed by atoms with van der Waals surface area (Å²) in [5.74, 6) is 0.134. The van der Waals surface area contributed by atoms with E-state index in [1.807, 2.05) is 38.1 Å². The molecule has 0 unspecified atom stereocenters. The van der Waals surface area contributed by atoms with E-state index >= 15 is 0 Å². The molecular formula is C20H17N5O. The molecule has 6 nitrogen and oxygen atoms in total. The van der Waals surface area contributed by atoms with E-state index in [2.05, 4.69) is 20.6 Å². The van der Waals surface area contributed by atoms with Crippen LogP contribution in [0.4, 0.5) is 17.2 Å². The number of aryl methyl sites for hydroxylation is 2. The van der Waals surface area contributed by atoms with Crippen molar-refractivity contribution in [3.05, 3.63) is 77.2 Å². The van der Waals surface area contributed by atoms with Crippen LogP contribution in [0, 0.1) is 25.2 Å². The van der Waals surface area contributed by atoms with Crippen molar-refractivity contribution in [2.24, 2.45) is 0 Å². The Bertz CT molecular complexity index is 970. The summed E-state index contributed by atoms with van der Waals surface area (Å²) in [6.45, 7) is 4.02. The standard InChI is InChI=1S/C20H17N5O/c1-13-6-5-7-14(2)19(13)25-18-12-22-17(11-23-18)20(26)24-16-9-4-3-8-15(16)10-21/h3-9,11-12H,1-2H3,(H,23,25)(H,24,26). The predicted octanol–water partition coefficient (Wildman–Crippen LogP) is 3.96. The summed E-state index contributed by atoms with van der Waals surface area (Å²) >= 11 is 0. The van der Waals surface area contributed by atoms with Crippen molar-refractivity contribution in [2.45, 2.75) is 13.8 Å². The highest BCUT2D eigenvalue weighted by atomic mass is 16.1. The van der Waals surface area contributed by atoms with Crippen LogP contribution in [0.2, 0.25) is 0 Å². The fraction of sp³-hybridized carbons (Fsp3) is 0.100. The summed E-state index contributed by atoms with van der Waals surface area (Å²) < 4.78 is 0. The van der Waals surface area contributed by atoms with Gasteiger partial charge >= 0.3 is 0 Å². The molecule has 0 radical (unpaired) electrons. The van der Waals surface area contributed by atoms with Gasteiger partial charge in [-0.2, -0.15) is 5.26 Å². The molecule has 2 aromatic carbocycles. The third kappa shape index (κ3) is 3.68. The quantitative estimate of drug-likeness (QED) is 0.748. The Morgan fingerprint density at radius 1 is 1.00 bits per heavy atom. The average molecular weight is 343 g/mol. The highest BCUT2D eigenvalue weighted by molar-refractivity contribution is 6.03. The highest BCUT2D eigenvalue weighted by Gasteiger charge is 2.11. The smallest absolute Gasteiger partial charge is 0.275 e. The lowest BCUT2D eigenvalue weighted by Crippen LogP contribution is -2.15. The van der Waals surface area contributed by atoms with Crippen molar-refractivity contribution < 1.29 is 4.79 Å². The van der Waals surface area contributed by atoms with Gasteiger partial charge in [-0.15, -0.1) is 0 Å². The van der Waals surface area contributed by atoms with Crippen molar-refractivity contribution in [2.75, 3.05) is 10.6 Å². The van der Waals surface area contributed by atoms with Crippen LogP contribution in [0.5, 0.6) is 0 Å². The van der Waals surface area contributed by atoms with Crippen molar-refractivity contribution in [3.63, 3.8) is 0 Å². The lowest BCUT2D eigenvalue weighted by molar-refractivity contribution is 0.102. The summed E-state index contributed by atoms with van der Waals surface area (Å²) in [5.41, 5.74) is 4.18. The summed E-state index contributed by atoms with van der Waals surface area (Å²) in [6, 6.07) is 14.8. The van der Waals surface area contributed by atoms with E-state index in [4.69, 9.17) is 5.26 Å². The molecule has 0 fully saturated rings. The Hall–Kier alpha value is -3.72. The van der Waals surface area contributed by atoms with E-state index in [0.717, 1.165) is 16.8 Å². The number of nitrogens with zero attached hydrogens (tertiary/aromatic N) is 3. The van der Waals surface area contributed by atoms with E-state index in [0.29, 0.717) is 17.1 Å². The van der Waals surface area contributed by atoms with Crippen LogP contribution >= 0.6 is 0 Å². The number of hydrogen-bond acceptors (Lipinski definition) is 5. The van der Waals surface area contributed by atoms with E-state index < -0.39 is 5.91 Å². The number of hydrogen-bond donors (Lipinski definition) is 2. The minimum absolute atomic E-state index is 0.171. The van der Waals surface area contributed by atoms with Crippen LogP contribution in [0.1, 0.15) is 27.2 Å². The monoisotopic (exact) mass is 343 g/mol. The lowest BCUT2D eigenvalue weighted by atomic mass is 10.1. The first-order chi connectivity index (χ1) is 12.6. The van der Waals surface area contributed by atoms with Crippen molar-refractivity contribution in [1.29, 1.82) is 5.26 Å². The first kappa shape index (κ1) is 17.1. The first-order valence-corrected chi connectivity index (χ1v) is 8.04. The van der Waals surface area contributed by atoms with Crippen molar-refractivity contribution in [1.82, 2.24) is 9.97 Å². The van der Waals surface area contributed by atoms with Gasteiger partial charge in [-0.25, -0.2) is 9.97 Å². The maximum atomic E-state index is 12.3. The number of amides is 1. The molecule has 0 bridgehead atoms. The minimum atomic E-state index is -0.418. The van der Waals surface area contributed by atoms with Crippen molar-refractivity contribution in [3.8, 4) is 6.07 Å². The maximum absolute atomic E-state index is 12.3. The largest absolute Gasteiger partial charge is 0.339 e. The predicted molar refractivity (Wildman–Crippen MR) is 100 cm³/mol. The van der Waals surface area contributed by atoms with E-state index in [-0.39, 0.29) is 5.69 Å². The second-order valence-electron chi connectivity index (χ2n) is 5.79. The number of anilines is 3. The van der Waals surface area contributed by atoms with Crippen LogP contribution in [0.25, 0.3) is 0 Å². The number of para-hydroxylation sites is 2. The maximum Gasteiger partial charge on any atom is 0.275 e. The van der Waals surface area contributed by atoms with Gasteiger partial charge in [0.05, 0.1) is 23.6 Å². The number of nitrogens with one attached hydrogen (secondary N) is 2. The zero-order valence-electron chi connectivity index (χ0n) is 14.4. The fourth-order valence-corrected chi connectivity index (χ4v) is 2.53. The van der Waals surface area contributed by atoms with Crippen LogP contribution in [0.3, 0.4) is 0 Å². The van der Waals surface area contributed by atoms with Crippen LogP contribution < -0.4 is 10.6 Å². The SMILES string of the molecule is Cc1cccc(C)c1Nc1cnc(C(=O)Nc2ccccc2C#N)cn1. The molecule has 3 rings (SSSR count). The van der Waals surface area contributed by atoms with Gasteiger partial charge < -0.3 is 10.6 Å². The highest BCUT2D eigenvalue weighted by Crippen LogP contribution is 2.23. The molecule has 0 atom stereocenters. The minimum Gasteiger partial charge on any atom is -0.339 e. The topological polar surface area (TPSA) is 90.7 Å². The molecule has 1 amide bonds. The first-order valence-electron chi connectivity index (χ1n) is 8.04. The van der Waals surface area contributed by atoms with Gasteiger partial charge in [-0.05, 0) is 37.1 Å². The third-order valence-electron chi connectivity index (χ3n) is 3.91. The van der Waals surface area contributed by atoms with Gasteiger partial charge in [0.1, 0.15) is 17.6 Å². The molecule has 0 aliphatic rings. The number of carbonyl (C=O) groups excluding carboxylic acids is 1.